The lowest BCUT2D eigenvalue weighted by molar-refractivity contribution is 0.327. The van der Waals surface area contributed by atoms with Crippen LogP contribution in [0.1, 0.15) is 24.5 Å². The maximum atomic E-state index is 3.74. The van der Waals surface area contributed by atoms with Crippen LogP contribution in [-0.4, -0.2) is 18.5 Å². The standard InChI is InChI=1S/C13H19N/c1-4-10-14(3)11-13-8-6-12(5-2)7-9-13/h5-9H,2,4,10-11H2,1,3H3. The van der Waals surface area contributed by atoms with Gasteiger partial charge in [-0.25, -0.2) is 0 Å². The summed E-state index contributed by atoms with van der Waals surface area (Å²) < 4.78 is 0. The highest BCUT2D eigenvalue weighted by Gasteiger charge is 1.98. The molecule has 0 fully saturated rings. The third kappa shape index (κ3) is 3.35. The van der Waals surface area contributed by atoms with E-state index >= 15 is 0 Å². The van der Waals surface area contributed by atoms with Crippen molar-refractivity contribution in [1.82, 2.24) is 4.90 Å². The van der Waals surface area contributed by atoms with Crippen LogP contribution in [0.4, 0.5) is 0 Å². The Morgan fingerprint density at radius 1 is 1.29 bits per heavy atom. The minimum Gasteiger partial charge on any atom is -0.302 e. The SMILES string of the molecule is C=Cc1ccc(CN(C)CCC)cc1. The van der Waals surface area contributed by atoms with Gasteiger partial charge in [0.2, 0.25) is 0 Å². The maximum absolute atomic E-state index is 3.74. The number of benzene rings is 1. The average molecular weight is 189 g/mol. The summed E-state index contributed by atoms with van der Waals surface area (Å²) in [6.07, 6.45) is 3.08. The van der Waals surface area contributed by atoms with E-state index < -0.39 is 0 Å². The largest absolute Gasteiger partial charge is 0.302 e. The zero-order chi connectivity index (χ0) is 10.4. The Morgan fingerprint density at radius 3 is 2.43 bits per heavy atom. The predicted octanol–water partition coefficient (Wildman–Crippen LogP) is 3.17. The smallest absolute Gasteiger partial charge is 0.0230 e. The number of rotatable bonds is 5. The Bertz CT molecular complexity index is 274. The maximum Gasteiger partial charge on any atom is 0.0230 e. The molecule has 0 heterocycles. The minimum absolute atomic E-state index is 1.03. The Morgan fingerprint density at radius 2 is 1.93 bits per heavy atom. The van der Waals surface area contributed by atoms with E-state index in [0.29, 0.717) is 0 Å². The molecule has 0 saturated carbocycles. The molecule has 76 valence electrons. The van der Waals surface area contributed by atoms with Gasteiger partial charge in [0.1, 0.15) is 0 Å². The van der Waals surface area contributed by atoms with Crippen molar-refractivity contribution in [3.8, 4) is 0 Å². The summed E-state index contributed by atoms with van der Waals surface area (Å²) in [7, 11) is 2.16. The monoisotopic (exact) mass is 189 g/mol. The van der Waals surface area contributed by atoms with Crippen LogP contribution in [0.2, 0.25) is 0 Å². The lowest BCUT2D eigenvalue weighted by Crippen LogP contribution is -2.18. The first-order valence-corrected chi connectivity index (χ1v) is 5.16. The van der Waals surface area contributed by atoms with Gasteiger partial charge in [0.05, 0.1) is 0 Å². The van der Waals surface area contributed by atoms with Gasteiger partial charge < -0.3 is 4.90 Å². The van der Waals surface area contributed by atoms with Crippen molar-refractivity contribution >= 4 is 6.08 Å². The predicted molar refractivity (Wildman–Crippen MR) is 63.2 cm³/mol. The second-order valence-corrected chi connectivity index (χ2v) is 3.68. The molecule has 1 rings (SSSR count). The van der Waals surface area contributed by atoms with E-state index in [1.54, 1.807) is 0 Å². The molecule has 0 bridgehead atoms. The zero-order valence-electron chi connectivity index (χ0n) is 9.16. The van der Waals surface area contributed by atoms with Crippen LogP contribution in [0.5, 0.6) is 0 Å². The topological polar surface area (TPSA) is 3.24 Å². The van der Waals surface area contributed by atoms with E-state index in [4.69, 9.17) is 0 Å². The van der Waals surface area contributed by atoms with Crippen LogP contribution in [-0.2, 0) is 6.54 Å². The normalized spacial score (nSPS) is 10.5. The van der Waals surface area contributed by atoms with E-state index in [0.717, 1.165) is 13.1 Å². The quantitative estimate of drug-likeness (QED) is 0.687. The van der Waals surface area contributed by atoms with Gasteiger partial charge >= 0.3 is 0 Å². The molecule has 1 nitrogen and oxygen atoms in total. The molecule has 0 amide bonds. The molecule has 1 aromatic rings. The molecule has 0 spiro atoms. The molecular formula is C13H19N. The zero-order valence-corrected chi connectivity index (χ0v) is 9.16. The Kier molecular flexibility index (Phi) is 4.41. The molecule has 0 radical (unpaired) electrons. The molecule has 14 heavy (non-hydrogen) atoms. The number of hydrogen-bond acceptors (Lipinski definition) is 1. The highest BCUT2D eigenvalue weighted by Crippen LogP contribution is 2.07. The molecule has 0 unspecified atom stereocenters. The van der Waals surface area contributed by atoms with Crippen LogP contribution in [0.15, 0.2) is 30.8 Å². The molecule has 0 aliphatic heterocycles. The van der Waals surface area contributed by atoms with Crippen LogP contribution >= 0.6 is 0 Å². The minimum atomic E-state index is 1.03. The summed E-state index contributed by atoms with van der Waals surface area (Å²) in [6.45, 7) is 8.14. The number of nitrogens with zero attached hydrogens (tertiary/aromatic N) is 1. The molecule has 0 aliphatic rings. The van der Waals surface area contributed by atoms with Gasteiger partial charge in [-0.05, 0) is 31.1 Å². The molecule has 0 aliphatic carbocycles. The van der Waals surface area contributed by atoms with Crippen LogP contribution < -0.4 is 0 Å². The van der Waals surface area contributed by atoms with Gasteiger partial charge in [0.15, 0.2) is 0 Å². The van der Waals surface area contributed by atoms with Gasteiger partial charge in [-0.1, -0.05) is 43.8 Å². The molecule has 0 aromatic heterocycles. The van der Waals surface area contributed by atoms with Crippen molar-refractivity contribution in [2.24, 2.45) is 0 Å². The summed E-state index contributed by atoms with van der Waals surface area (Å²) in [4.78, 5) is 2.34. The summed E-state index contributed by atoms with van der Waals surface area (Å²) in [6, 6.07) is 8.57. The second kappa shape index (κ2) is 5.61. The fraction of sp³-hybridized carbons (Fsp3) is 0.385. The van der Waals surface area contributed by atoms with E-state index in [9.17, 15) is 0 Å². The van der Waals surface area contributed by atoms with Crippen molar-refractivity contribution in [2.45, 2.75) is 19.9 Å². The highest BCUT2D eigenvalue weighted by atomic mass is 15.1. The van der Waals surface area contributed by atoms with E-state index in [2.05, 4.69) is 49.7 Å². The van der Waals surface area contributed by atoms with Crippen LogP contribution in [0, 0.1) is 0 Å². The Labute approximate surface area is 87.1 Å². The molecular weight excluding hydrogens is 170 g/mol. The average Bonchev–Trinajstić information content (AvgIpc) is 2.19. The Hall–Kier alpha value is -1.08. The van der Waals surface area contributed by atoms with Crippen molar-refractivity contribution in [3.63, 3.8) is 0 Å². The summed E-state index contributed by atoms with van der Waals surface area (Å²) in [5.41, 5.74) is 2.55. The van der Waals surface area contributed by atoms with E-state index in [-0.39, 0.29) is 0 Å². The summed E-state index contributed by atoms with van der Waals surface area (Å²) >= 11 is 0. The van der Waals surface area contributed by atoms with E-state index in [1.807, 2.05) is 6.08 Å². The van der Waals surface area contributed by atoms with Crippen LogP contribution in [0.25, 0.3) is 6.08 Å². The Balaban J connectivity index is 2.55. The van der Waals surface area contributed by atoms with E-state index in [1.165, 1.54) is 17.5 Å². The van der Waals surface area contributed by atoms with Gasteiger partial charge in [0.25, 0.3) is 0 Å². The molecule has 0 N–H and O–H groups in total. The molecule has 1 heteroatoms. The summed E-state index contributed by atoms with van der Waals surface area (Å²) in [5.74, 6) is 0. The fourth-order valence-electron chi connectivity index (χ4n) is 1.53. The molecule has 0 atom stereocenters. The third-order valence-electron chi connectivity index (χ3n) is 2.27. The second-order valence-electron chi connectivity index (χ2n) is 3.68. The van der Waals surface area contributed by atoms with Gasteiger partial charge in [0, 0.05) is 6.54 Å². The van der Waals surface area contributed by atoms with Crippen molar-refractivity contribution in [3.05, 3.63) is 42.0 Å². The first-order valence-electron chi connectivity index (χ1n) is 5.16. The molecule has 0 saturated heterocycles. The van der Waals surface area contributed by atoms with Crippen molar-refractivity contribution in [2.75, 3.05) is 13.6 Å². The fourth-order valence-corrected chi connectivity index (χ4v) is 1.53. The van der Waals surface area contributed by atoms with Gasteiger partial charge in [-0.15, -0.1) is 0 Å². The van der Waals surface area contributed by atoms with Gasteiger partial charge in [-0.3, -0.25) is 0 Å². The lowest BCUT2D eigenvalue weighted by Gasteiger charge is -2.15. The number of hydrogen-bond donors (Lipinski definition) is 0. The van der Waals surface area contributed by atoms with Crippen molar-refractivity contribution < 1.29 is 0 Å². The highest BCUT2D eigenvalue weighted by molar-refractivity contribution is 5.47. The first kappa shape index (κ1) is 11.0. The summed E-state index contributed by atoms with van der Waals surface area (Å²) in [5, 5.41) is 0. The van der Waals surface area contributed by atoms with Gasteiger partial charge in [-0.2, -0.15) is 0 Å². The van der Waals surface area contributed by atoms with Crippen LogP contribution in [0.3, 0.4) is 0 Å². The first-order chi connectivity index (χ1) is 6.76. The molecule has 1 aromatic carbocycles. The lowest BCUT2D eigenvalue weighted by atomic mass is 10.1. The van der Waals surface area contributed by atoms with Crippen molar-refractivity contribution in [1.29, 1.82) is 0 Å². The third-order valence-corrected chi connectivity index (χ3v) is 2.27.